The van der Waals surface area contributed by atoms with Crippen LogP contribution in [0.15, 0.2) is 29.0 Å². The molecule has 3 N–H and O–H groups in total. The first-order valence-corrected chi connectivity index (χ1v) is 9.23. The summed E-state index contributed by atoms with van der Waals surface area (Å²) in [5.41, 5.74) is 11.2. The fraction of sp³-hybridized carbons (Fsp3) is 0.300. The summed E-state index contributed by atoms with van der Waals surface area (Å²) in [5.74, 6) is 2.45. The molecule has 0 bridgehead atoms. The largest absolute Gasteiger partial charge is 0.496 e. The quantitative estimate of drug-likeness (QED) is 0.513. The van der Waals surface area contributed by atoms with E-state index in [1.165, 1.54) is 0 Å². The van der Waals surface area contributed by atoms with E-state index < -0.39 is 0 Å². The van der Waals surface area contributed by atoms with Gasteiger partial charge in [0.2, 0.25) is 5.95 Å². The van der Waals surface area contributed by atoms with Gasteiger partial charge in [-0.2, -0.15) is 4.98 Å². The third-order valence-corrected chi connectivity index (χ3v) is 4.81. The molecule has 29 heavy (non-hydrogen) atoms. The lowest BCUT2D eigenvalue weighted by Gasteiger charge is -2.14. The number of methoxy groups -OCH3 is 1. The zero-order valence-corrected chi connectivity index (χ0v) is 16.9. The Bertz CT molecular complexity index is 1180. The van der Waals surface area contributed by atoms with Crippen molar-refractivity contribution in [2.24, 2.45) is 0 Å². The summed E-state index contributed by atoms with van der Waals surface area (Å²) in [7, 11) is 1.68. The molecule has 0 fully saturated rings. The van der Waals surface area contributed by atoms with Crippen LogP contribution in [-0.4, -0.2) is 31.8 Å². The molecule has 0 aromatic carbocycles. The van der Waals surface area contributed by atoms with E-state index in [4.69, 9.17) is 15.0 Å². The number of aromatic nitrogens is 5. The molecule has 0 spiro atoms. The maximum atomic E-state index is 5.90. The molecule has 0 aliphatic carbocycles. The van der Waals surface area contributed by atoms with Crippen molar-refractivity contribution in [1.29, 1.82) is 0 Å². The zero-order valence-electron chi connectivity index (χ0n) is 16.9. The van der Waals surface area contributed by atoms with Gasteiger partial charge in [-0.3, -0.25) is 4.98 Å². The predicted molar refractivity (Wildman–Crippen MR) is 110 cm³/mol. The van der Waals surface area contributed by atoms with Gasteiger partial charge in [0.25, 0.3) is 0 Å². The standard InChI is InChI=1S/C20H23N7O2/c1-11-8-22-16(13(3)18(11)28-4)10-27-6-5-15-17(27)19(25-20(21)24-15)23-9-14-7-12(2)29-26-14/h5-8H,9-10H2,1-4H3,(H3,21,23,24,25). The smallest absolute Gasteiger partial charge is 0.222 e. The lowest BCUT2D eigenvalue weighted by atomic mass is 10.1. The Hall–Kier alpha value is -3.62. The first-order valence-electron chi connectivity index (χ1n) is 9.23. The fourth-order valence-corrected chi connectivity index (χ4v) is 3.45. The van der Waals surface area contributed by atoms with E-state index in [1.807, 2.05) is 45.3 Å². The molecule has 4 rings (SSSR count). The Morgan fingerprint density at radius 1 is 1.24 bits per heavy atom. The first-order chi connectivity index (χ1) is 14.0. The van der Waals surface area contributed by atoms with Crippen molar-refractivity contribution in [2.75, 3.05) is 18.2 Å². The minimum absolute atomic E-state index is 0.209. The molecule has 0 saturated carbocycles. The Morgan fingerprint density at radius 3 is 2.79 bits per heavy atom. The number of nitrogens with two attached hydrogens (primary N) is 1. The van der Waals surface area contributed by atoms with Crippen molar-refractivity contribution < 1.29 is 9.26 Å². The Kier molecular flexibility index (Phi) is 4.79. The van der Waals surface area contributed by atoms with E-state index in [0.29, 0.717) is 18.9 Å². The molecule has 0 radical (unpaired) electrons. The lowest BCUT2D eigenvalue weighted by molar-refractivity contribution is 0.391. The van der Waals surface area contributed by atoms with Gasteiger partial charge >= 0.3 is 0 Å². The van der Waals surface area contributed by atoms with Gasteiger partial charge in [0.1, 0.15) is 22.7 Å². The van der Waals surface area contributed by atoms with Gasteiger partial charge in [0.15, 0.2) is 5.82 Å². The number of hydrogen-bond donors (Lipinski definition) is 2. The molecule has 9 nitrogen and oxygen atoms in total. The van der Waals surface area contributed by atoms with Gasteiger partial charge in [0, 0.05) is 29.6 Å². The summed E-state index contributed by atoms with van der Waals surface area (Å²) < 4.78 is 12.7. The van der Waals surface area contributed by atoms with E-state index in [-0.39, 0.29) is 5.95 Å². The van der Waals surface area contributed by atoms with Crippen molar-refractivity contribution in [2.45, 2.75) is 33.9 Å². The van der Waals surface area contributed by atoms with Crippen molar-refractivity contribution >= 4 is 22.8 Å². The molecule has 0 saturated heterocycles. The van der Waals surface area contributed by atoms with Gasteiger partial charge in [-0.05, 0) is 26.8 Å². The average molecular weight is 393 g/mol. The van der Waals surface area contributed by atoms with Gasteiger partial charge in [-0.1, -0.05) is 5.16 Å². The van der Waals surface area contributed by atoms with Crippen LogP contribution in [0.3, 0.4) is 0 Å². The lowest BCUT2D eigenvalue weighted by Crippen LogP contribution is -2.09. The van der Waals surface area contributed by atoms with Gasteiger partial charge < -0.3 is 24.9 Å². The van der Waals surface area contributed by atoms with E-state index >= 15 is 0 Å². The topological polar surface area (TPSA) is 117 Å². The van der Waals surface area contributed by atoms with E-state index in [1.54, 1.807) is 7.11 Å². The van der Waals surface area contributed by atoms with Crippen LogP contribution in [0, 0.1) is 20.8 Å². The summed E-state index contributed by atoms with van der Waals surface area (Å²) in [5, 5.41) is 7.30. The zero-order chi connectivity index (χ0) is 20.5. The molecule has 0 amide bonds. The molecule has 9 heteroatoms. The molecule has 0 unspecified atom stereocenters. The third kappa shape index (κ3) is 3.58. The van der Waals surface area contributed by atoms with Crippen LogP contribution in [0.25, 0.3) is 11.0 Å². The van der Waals surface area contributed by atoms with Crippen LogP contribution in [0.4, 0.5) is 11.8 Å². The molecule has 0 aliphatic heterocycles. The number of nitrogens with one attached hydrogen (secondary N) is 1. The normalized spacial score (nSPS) is 11.2. The second-order valence-electron chi connectivity index (χ2n) is 6.94. The molecule has 4 heterocycles. The number of anilines is 2. The fourth-order valence-electron chi connectivity index (χ4n) is 3.45. The van der Waals surface area contributed by atoms with Crippen LogP contribution in [0.2, 0.25) is 0 Å². The molecular formula is C20H23N7O2. The predicted octanol–water partition coefficient (Wildman–Crippen LogP) is 2.99. The Balaban J connectivity index is 1.70. The molecule has 150 valence electrons. The van der Waals surface area contributed by atoms with Crippen LogP contribution in [-0.2, 0) is 13.1 Å². The number of hydrogen-bond acceptors (Lipinski definition) is 8. The summed E-state index contributed by atoms with van der Waals surface area (Å²) in [6, 6.07) is 3.79. The number of nitrogen functional groups attached to an aromatic ring is 1. The second kappa shape index (κ2) is 7.42. The summed E-state index contributed by atoms with van der Waals surface area (Å²) in [6.07, 6.45) is 3.78. The van der Waals surface area contributed by atoms with Crippen LogP contribution >= 0.6 is 0 Å². The highest BCUT2D eigenvalue weighted by Gasteiger charge is 2.15. The Labute approximate surface area is 167 Å². The summed E-state index contributed by atoms with van der Waals surface area (Å²) >= 11 is 0. The first kappa shape index (κ1) is 18.7. The van der Waals surface area contributed by atoms with E-state index in [0.717, 1.165) is 45.1 Å². The number of nitrogens with zero attached hydrogens (tertiary/aromatic N) is 5. The van der Waals surface area contributed by atoms with Crippen LogP contribution in [0.1, 0.15) is 28.3 Å². The average Bonchev–Trinajstić information content (AvgIpc) is 3.28. The number of fused-ring (bicyclic) bond motifs is 1. The monoisotopic (exact) mass is 393 g/mol. The number of rotatable bonds is 6. The number of ether oxygens (including phenoxy) is 1. The molecule has 4 aromatic heterocycles. The van der Waals surface area contributed by atoms with Crippen molar-refractivity contribution in [3.8, 4) is 5.75 Å². The van der Waals surface area contributed by atoms with Crippen LogP contribution < -0.4 is 15.8 Å². The van der Waals surface area contributed by atoms with Gasteiger partial charge in [0.05, 0.1) is 31.4 Å². The summed E-state index contributed by atoms with van der Waals surface area (Å²) in [4.78, 5) is 13.4. The van der Waals surface area contributed by atoms with Crippen molar-refractivity contribution in [3.63, 3.8) is 0 Å². The molecule has 4 aromatic rings. The Morgan fingerprint density at radius 2 is 2.07 bits per heavy atom. The highest BCUT2D eigenvalue weighted by Crippen LogP contribution is 2.27. The highest BCUT2D eigenvalue weighted by atomic mass is 16.5. The van der Waals surface area contributed by atoms with E-state index in [2.05, 4.69) is 30.0 Å². The number of aryl methyl sites for hydroxylation is 2. The van der Waals surface area contributed by atoms with Crippen molar-refractivity contribution in [1.82, 2.24) is 24.7 Å². The second-order valence-corrected chi connectivity index (χ2v) is 6.94. The molecular weight excluding hydrogens is 370 g/mol. The maximum absolute atomic E-state index is 5.90. The SMILES string of the molecule is COc1c(C)cnc(Cn2ccc3nc(N)nc(NCc4cc(C)on4)c32)c1C. The highest BCUT2D eigenvalue weighted by molar-refractivity contribution is 5.87. The minimum atomic E-state index is 0.209. The van der Waals surface area contributed by atoms with Crippen molar-refractivity contribution in [3.05, 3.63) is 52.8 Å². The third-order valence-electron chi connectivity index (χ3n) is 4.81. The number of pyridine rings is 1. The van der Waals surface area contributed by atoms with Gasteiger partial charge in [-0.25, -0.2) is 4.98 Å². The summed E-state index contributed by atoms with van der Waals surface area (Å²) in [6.45, 7) is 6.87. The van der Waals surface area contributed by atoms with E-state index in [9.17, 15) is 0 Å². The molecule has 0 aliphatic rings. The molecule has 0 atom stereocenters. The maximum Gasteiger partial charge on any atom is 0.222 e. The van der Waals surface area contributed by atoms with Crippen LogP contribution in [0.5, 0.6) is 5.75 Å². The minimum Gasteiger partial charge on any atom is -0.496 e. The van der Waals surface area contributed by atoms with Gasteiger partial charge in [-0.15, -0.1) is 0 Å².